The third-order valence-electron chi connectivity index (χ3n) is 9.26. The van der Waals surface area contributed by atoms with Crippen LogP contribution in [-0.4, -0.2) is 65.0 Å². The van der Waals surface area contributed by atoms with E-state index in [2.05, 4.69) is 11.4 Å². The van der Waals surface area contributed by atoms with E-state index in [0.717, 1.165) is 6.07 Å². The number of carbonyl (C=O) groups excluding carboxylic acids is 3. The Hall–Kier alpha value is -4.48. The van der Waals surface area contributed by atoms with E-state index in [0.29, 0.717) is 19.6 Å². The van der Waals surface area contributed by atoms with E-state index in [1.165, 1.54) is 69.7 Å². The van der Waals surface area contributed by atoms with Gasteiger partial charge in [-0.3, -0.25) is 4.79 Å². The molecule has 0 aromatic heterocycles. The van der Waals surface area contributed by atoms with Crippen LogP contribution in [0.1, 0.15) is 67.9 Å². The van der Waals surface area contributed by atoms with Crippen LogP contribution in [0.15, 0.2) is 54.6 Å². The number of hydrogen-bond acceptors (Lipinski definition) is 10. The number of halogens is 4. The Morgan fingerprint density at radius 3 is 2.38 bits per heavy atom. The highest BCUT2D eigenvalue weighted by Gasteiger charge is 2.61. The Morgan fingerprint density at radius 2 is 1.73 bits per heavy atom. The lowest BCUT2D eigenvalue weighted by atomic mass is 9.62. The summed E-state index contributed by atoms with van der Waals surface area (Å²) in [5.41, 5.74) is -1.98. The van der Waals surface area contributed by atoms with Gasteiger partial charge in [0.25, 0.3) is 0 Å². The van der Waals surface area contributed by atoms with Gasteiger partial charge in [-0.05, 0) is 66.1 Å². The molecule has 15 heteroatoms. The van der Waals surface area contributed by atoms with E-state index in [4.69, 9.17) is 51.6 Å². The van der Waals surface area contributed by atoms with Gasteiger partial charge in [0.2, 0.25) is 12.2 Å². The third kappa shape index (κ3) is 10.4. The van der Waals surface area contributed by atoms with Crippen molar-refractivity contribution < 1.29 is 51.6 Å². The van der Waals surface area contributed by atoms with Crippen molar-refractivity contribution in [3.05, 3.63) is 93.0 Å². The van der Waals surface area contributed by atoms with Crippen LogP contribution in [0.4, 0.5) is 19.3 Å². The van der Waals surface area contributed by atoms with E-state index >= 15 is 8.78 Å². The Labute approximate surface area is 329 Å². The number of nitrogens with one attached hydrogen (secondary N) is 1. The lowest BCUT2D eigenvalue weighted by molar-refractivity contribution is -0.120. The summed E-state index contributed by atoms with van der Waals surface area (Å²) in [6, 6.07) is 14.7. The van der Waals surface area contributed by atoms with Crippen molar-refractivity contribution in [2.75, 3.05) is 46.0 Å². The quantitative estimate of drug-likeness (QED) is 0.0900. The normalized spacial score (nSPS) is 19.9. The number of benzene rings is 3. The van der Waals surface area contributed by atoms with Gasteiger partial charge in [0, 0.05) is 36.5 Å². The number of amides is 1. The summed E-state index contributed by atoms with van der Waals surface area (Å²) in [5, 5.41) is 13.8. The van der Waals surface area contributed by atoms with Crippen LogP contribution in [0.5, 0.6) is 5.75 Å². The zero-order chi connectivity index (χ0) is 40.5. The molecule has 1 aliphatic carbocycles. The zero-order valence-corrected chi connectivity index (χ0v) is 32.9. The first kappa shape index (κ1) is 43.3. The molecule has 1 unspecified atom stereocenters. The van der Waals surface area contributed by atoms with Gasteiger partial charge in [-0.15, -0.1) is 0 Å². The van der Waals surface area contributed by atoms with Crippen LogP contribution >= 0.6 is 23.2 Å². The summed E-state index contributed by atoms with van der Waals surface area (Å²) >= 11 is 12.4. The lowest BCUT2D eigenvalue weighted by Crippen LogP contribution is -2.39. The van der Waals surface area contributed by atoms with Crippen LogP contribution in [-0.2, 0) is 33.9 Å². The molecule has 1 N–H and O–H groups in total. The molecule has 0 saturated heterocycles. The first-order valence-electron chi connectivity index (χ1n) is 17.5. The summed E-state index contributed by atoms with van der Waals surface area (Å²) in [6.07, 6.45) is -1.92. The van der Waals surface area contributed by atoms with Crippen LogP contribution in [0.3, 0.4) is 0 Å². The number of nitrogens with zero attached hydrogens (tertiary/aromatic N) is 1. The smallest absolute Gasteiger partial charge is 0.495 e. The molecule has 0 heterocycles. The molecule has 1 aliphatic rings. The molecule has 4 rings (SSSR count). The van der Waals surface area contributed by atoms with Gasteiger partial charge in [-0.2, -0.15) is 5.26 Å². The van der Waals surface area contributed by atoms with Crippen molar-refractivity contribution >= 4 is 46.9 Å². The summed E-state index contributed by atoms with van der Waals surface area (Å²) < 4.78 is 62.7. The Kier molecular flexibility index (Phi) is 14.9. The van der Waals surface area contributed by atoms with Crippen molar-refractivity contribution in [1.82, 2.24) is 0 Å². The lowest BCUT2D eigenvalue weighted by Gasteiger charge is -2.38. The number of rotatable bonds is 15. The van der Waals surface area contributed by atoms with Gasteiger partial charge >= 0.3 is 12.1 Å². The summed E-state index contributed by atoms with van der Waals surface area (Å²) in [4.78, 5) is 39.4. The molecule has 0 spiro atoms. The highest BCUT2D eigenvalue weighted by molar-refractivity contribution is 6.31. The number of anilines is 1. The maximum atomic E-state index is 16.1. The van der Waals surface area contributed by atoms with Crippen molar-refractivity contribution in [2.24, 2.45) is 17.3 Å². The standard InChI is InChI=1S/C40H44Cl2F2N2O9/c1-23(55-38(49)53-17-16-52-15-14-50-5)54-37(48)24-10-13-32(33(18-24)51-6)46-36(47)28-19-25(21-39(2,3)4)40(22-45,29-12-11-26(41)20-31(29)43)34(28)27-8-7-9-30(42)35(27)44/h7-13,18,20,23,25,28,34H,14-17,19,21H2,1-6H3,(H,46,47)/t23?,25-,28+,34-,40+/m0/s1. The molecular weight excluding hydrogens is 761 g/mol. The van der Waals surface area contributed by atoms with Crippen LogP contribution in [0, 0.1) is 40.2 Å². The van der Waals surface area contributed by atoms with Crippen molar-refractivity contribution in [3.63, 3.8) is 0 Å². The van der Waals surface area contributed by atoms with E-state index in [1.54, 1.807) is 0 Å². The van der Waals surface area contributed by atoms with Gasteiger partial charge in [0.15, 0.2) is 0 Å². The number of esters is 1. The molecule has 0 aliphatic heterocycles. The molecule has 3 aromatic rings. The molecular formula is C40H44Cl2F2N2O9. The fraction of sp³-hybridized carbons (Fsp3) is 0.450. The highest BCUT2D eigenvalue weighted by Crippen LogP contribution is 2.61. The highest BCUT2D eigenvalue weighted by atomic mass is 35.5. The second-order valence-corrected chi connectivity index (χ2v) is 15.1. The molecule has 11 nitrogen and oxygen atoms in total. The average Bonchev–Trinajstić information content (AvgIpc) is 3.43. The van der Waals surface area contributed by atoms with Crippen molar-refractivity contribution in [3.8, 4) is 11.8 Å². The van der Waals surface area contributed by atoms with Gasteiger partial charge in [0.1, 0.15) is 24.0 Å². The van der Waals surface area contributed by atoms with E-state index < -0.39 is 59.1 Å². The Bertz CT molecular complexity index is 1900. The summed E-state index contributed by atoms with van der Waals surface area (Å²) in [6.45, 7) is 7.96. The van der Waals surface area contributed by atoms with E-state index in [9.17, 15) is 19.6 Å². The first-order chi connectivity index (χ1) is 26.1. The fourth-order valence-electron chi connectivity index (χ4n) is 7.09. The maximum Gasteiger partial charge on any atom is 0.511 e. The molecule has 296 valence electrons. The predicted octanol–water partition coefficient (Wildman–Crippen LogP) is 8.86. The molecule has 5 atom stereocenters. The van der Waals surface area contributed by atoms with Gasteiger partial charge in [-0.1, -0.05) is 62.2 Å². The monoisotopic (exact) mass is 804 g/mol. The summed E-state index contributed by atoms with van der Waals surface area (Å²) in [7, 11) is 2.85. The maximum absolute atomic E-state index is 16.1. The number of methoxy groups -OCH3 is 2. The van der Waals surface area contributed by atoms with Gasteiger partial charge in [-0.25, -0.2) is 18.4 Å². The number of nitriles is 1. The number of hydrogen-bond donors (Lipinski definition) is 1. The molecule has 3 aromatic carbocycles. The van der Waals surface area contributed by atoms with Crippen LogP contribution < -0.4 is 10.1 Å². The van der Waals surface area contributed by atoms with Gasteiger partial charge in [0.05, 0.1) is 54.7 Å². The topological polar surface area (TPSA) is 142 Å². The minimum Gasteiger partial charge on any atom is -0.495 e. The first-order valence-corrected chi connectivity index (χ1v) is 18.2. The van der Waals surface area contributed by atoms with Crippen molar-refractivity contribution in [1.29, 1.82) is 5.26 Å². The second kappa shape index (κ2) is 18.9. The minimum absolute atomic E-state index is 0.00287. The zero-order valence-electron chi connectivity index (χ0n) is 31.4. The van der Waals surface area contributed by atoms with Crippen LogP contribution in [0.2, 0.25) is 10.0 Å². The summed E-state index contributed by atoms with van der Waals surface area (Å²) in [5.74, 6) is -5.89. The van der Waals surface area contributed by atoms with Crippen LogP contribution in [0.25, 0.3) is 0 Å². The average molecular weight is 806 g/mol. The molecule has 55 heavy (non-hydrogen) atoms. The Balaban J connectivity index is 1.62. The predicted molar refractivity (Wildman–Crippen MR) is 200 cm³/mol. The Morgan fingerprint density at radius 1 is 1.00 bits per heavy atom. The van der Waals surface area contributed by atoms with Gasteiger partial charge < -0.3 is 33.7 Å². The SMILES string of the molecule is COCCOCCOC(=O)OC(C)OC(=O)c1ccc(NC(=O)[C@@H]2C[C@@H](CC(C)(C)C)[C@](C#N)(c3ccc(Cl)cc3F)[C@H]2c2cccc(Cl)c2F)c(OC)c1. The molecule has 1 amide bonds. The largest absolute Gasteiger partial charge is 0.511 e. The molecule has 0 radical (unpaired) electrons. The van der Waals surface area contributed by atoms with E-state index in [1.807, 2.05) is 20.8 Å². The number of carbonyl (C=O) groups is 3. The second-order valence-electron chi connectivity index (χ2n) is 14.2. The third-order valence-corrected chi connectivity index (χ3v) is 9.79. The fourth-order valence-corrected chi connectivity index (χ4v) is 7.43. The minimum atomic E-state index is -1.73. The molecule has 0 bridgehead atoms. The molecule has 1 saturated carbocycles. The van der Waals surface area contributed by atoms with Crippen molar-refractivity contribution in [2.45, 2.75) is 58.2 Å². The van der Waals surface area contributed by atoms with E-state index in [-0.39, 0.29) is 63.2 Å². The number of ether oxygens (including phenoxy) is 6. The molecule has 1 fully saturated rings.